The van der Waals surface area contributed by atoms with Crippen LogP contribution in [-0.2, 0) is 13.1 Å². The Morgan fingerprint density at radius 2 is 1.67 bits per heavy atom. The third-order valence-corrected chi connectivity index (χ3v) is 4.33. The van der Waals surface area contributed by atoms with Crippen molar-refractivity contribution in [3.05, 3.63) is 22.9 Å². The van der Waals surface area contributed by atoms with Gasteiger partial charge in [0.15, 0.2) is 0 Å². The molecule has 0 radical (unpaired) electrons. The zero-order valence-corrected chi connectivity index (χ0v) is 12.7. The highest BCUT2D eigenvalue weighted by Gasteiger charge is 2.28. The molecule has 0 spiro atoms. The molecule has 1 rings (SSSR count). The maximum atomic E-state index is 12.1. The van der Waals surface area contributed by atoms with Crippen molar-refractivity contribution < 1.29 is 0 Å². The lowest BCUT2D eigenvalue weighted by Gasteiger charge is -2.32. The van der Waals surface area contributed by atoms with E-state index in [1.54, 1.807) is 4.57 Å². The van der Waals surface area contributed by atoms with Crippen LogP contribution in [0.2, 0.25) is 0 Å². The summed E-state index contributed by atoms with van der Waals surface area (Å²) in [6.45, 7) is 7.93. The summed E-state index contributed by atoms with van der Waals surface area (Å²) >= 11 is 4.54. The van der Waals surface area contributed by atoms with Gasteiger partial charge in [0.1, 0.15) is 0 Å². The lowest BCUT2D eigenvalue weighted by Crippen LogP contribution is -2.34. The van der Waals surface area contributed by atoms with Gasteiger partial charge in [0.2, 0.25) is 0 Å². The van der Waals surface area contributed by atoms with Crippen LogP contribution in [0, 0.1) is 5.41 Å². The Balaban J connectivity index is 2.94. The molecule has 0 saturated heterocycles. The van der Waals surface area contributed by atoms with Crippen LogP contribution in [0.4, 0.5) is 0 Å². The Bertz CT molecular complexity index is 402. The summed E-state index contributed by atoms with van der Waals surface area (Å²) in [5.41, 5.74) is 0.270. The summed E-state index contributed by atoms with van der Waals surface area (Å²) in [5, 5.41) is 0. The van der Waals surface area contributed by atoms with Gasteiger partial charge in [0.25, 0.3) is 0 Å². The summed E-state index contributed by atoms with van der Waals surface area (Å²) in [6, 6.07) is 0. The van der Waals surface area contributed by atoms with Crippen LogP contribution >= 0.6 is 12.6 Å². The molecule has 18 heavy (non-hydrogen) atoms. The van der Waals surface area contributed by atoms with E-state index in [-0.39, 0.29) is 11.1 Å². The largest absolute Gasteiger partial charge is 0.328 e. The summed E-state index contributed by atoms with van der Waals surface area (Å²) < 4.78 is 3.60. The van der Waals surface area contributed by atoms with Gasteiger partial charge < -0.3 is 0 Å². The van der Waals surface area contributed by atoms with Gasteiger partial charge in [-0.05, 0) is 30.9 Å². The van der Waals surface area contributed by atoms with E-state index in [9.17, 15) is 4.79 Å². The molecule has 4 heteroatoms. The van der Waals surface area contributed by atoms with Crippen LogP contribution in [0.25, 0.3) is 0 Å². The van der Waals surface area contributed by atoms with Gasteiger partial charge in [-0.3, -0.25) is 9.13 Å². The smallest absolute Gasteiger partial charge is 0.300 e. The molecule has 0 aliphatic rings. The summed E-state index contributed by atoms with van der Waals surface area (Å²) in [6.07, 6.45) is 8.34. The van der Waals surface area contributed by atoms with Crippen LogP contribution < -0.4 is 5.69 Å². The quantitative estimate of drug-likeness (QED) is 0.722. The molecule has 1 heterocycles. The minimum atomic E-state index is 0.107. The van der Waals surface area contributed by atoms with Crippen LogP contribution in [0.3, 0.4) is 0 Å². The first-order chi connectivity index (χ1) is 8.62. The minimum Gasteiger partial charge on any atom is -0.300 e. The van der Waals surface area contributed by atoms with Crippen molar-refractivity contribution in [2.75, 3.05) is 5.75 Å². The summed E-state index contributed by atoms with van der Waals surface area (Å²) in [7, 11) is 0. The van der Waals surface area contributed by atoms with Gasteiger partial charge in [0, 0.05) is 25.5 Å². The van der Waals surface area contributed by atoms with Gasteiger partial charge in [-0.25, -0.2) is 4.79 Å². The molecule has 0 aliphatic heterocycles. The number of hydrogen-bond acceptors (Lipinski definition) is 2. The molecule has 0 atom stereocenters. The van der Waals surface area contributed by atoms with Gasteiger partial charge in [-0.15, -0.1) is 0 Å². The normalized spacial score (nSPS) is 12.0. The Morgan fingerprint density at radius 1 is 1.11 bits per heavy atom. The predicted molar refractivity (Wildman–Crippen MR) is 80.5 cm³/mol. The molecule has 1 aromatic heterocycles. The van der Waals surface area contributed by atoms with Crippen molar-refractivity contribution >= 4 is 12.6 Å². The molecule has 0 aromatic carbocycles. The first kappa shape index (κ1) is 15.4. The number of imidazole rings is 1. The fourth-order valence-electron chi connectivity index (χ4n) is 2.73. The minimum absolute atomic E-state index is 0.107. The maximum absolute atomic E-state index is 12.1. The molecule has 1 aromatic rings. The third-order valence-electron chi connectivity index (χ3n) is 3.66. The van der Waals surface area contributed by atoms with Gasteiger partial charge in [-0.2, -0.15) is 12.6 Å². The van der Waals surface area contributed by atoms with E-state index in [4.69, 9.17) is 0 Å². The molecule has 0 unspecified atom stereocenters. The third kappa shape index (κ3) is 3.44. The van der Waals surface area contributed by atoms with Crippen molar-refractivity contribution in [2.45, 2.75) is 59.5 Å². The first-order valence-corrected chi connectivity index (χ1v) is 7.62. The standard InChI is InChI=1S/C14H26N2OS/c1-4-7-14(12-18,8-5-2)11-16-10-9-15(6-3)13(16)17/h9-10,18H,4-8,11-12H2,1-3H3. The topological polar surface area (TPSA) is 26.9 Å². The predicted octanol–water partition coefficient (Wildman–Crippen LogP) is 3.19. The second kappa shape index (κ2) is 7.07. The van der Waals surface area contributed by atoms with Crippen molar-refractivity contribution in [3.8, 4) is 0 Å². The highest BCUT2D eigenvalue weighted by molar-refractivity contribution is 7.80. The molecule has 0 saturated carbocycles. The maximum Gasteiger partial charge on any atom is 0.328 e. The fourth-order valence-corrected chi connectivity index (χ4v) is 3.14. The number of hydrogen-bond donors (Lipinski definition) is 1. The Labute approximate surface area is 116 Å². The average Bonchev–Trinajstić information content (AvgIpc) is 2.71. The van der Waals surface area contributed by atoms with E-state index in [0.29, 0.717) is 0 Å². The number of thiol groups is 1. The summed E-state index contributed by atoms with van der Waals surface area (Å²) in [4.78, 5) is 12.1. The molecule has 0 amide bonds. The van der Waals surface area contributed by atoms with Crippen LogP contribution in [0.1, 0.15) is 46.5 Å². The van der Waals surface area contributed by atoms with E-state index in [2.05, 4.69) is 26.5 Å². The molecule has 0 aliphatic carbocycles. The number of nitrogens with zero attached hydrogens (tertiary/aromatic N) is 2. The lowest BCUT2D eigenvalue weighted by molar-refractivity contribution is 0.228. The van der Waals surface area contributed by atoms with E-state index < -0.39 is 0 Å². The van der Waals surface area contributed by atoms with Crippen LogP contribution in [0.15, 0.2) is 17.2 Å². The lowest BCUT2D eigenvalue weighted by atomic mass is 9.81. The molecule has 0 fully saturated rings. The molecule has 104 valence electrons. The first-order valence-electron chi connectivity index (χ1n) is 6.99. The van der Waals surface area contributed by atoms with E-state index in [0.717, 1.165) is 44.5 Å². The molecular weight excluding hydrogens is 244 g/mol. The van der Waals surface area contributed by atoms with Crippen molar-refractivity contribution in [1.82, 2.24) is 9.13 Å². The second-order valence-electron chi connectivity index (χ2n) is 5.15. The molecule has 3 nitrogen and oxygen atoms in total. The van der Waals surface area contributed by atoms with Gasteiger partial charge in [-0.1, -0.05) is 26.7 Å². The van der Waals surface area contributed by atoms with Gasteiger partial charge in [0.05, 0.1) is 0 Å². The monoisotopic (exact) mass is 270 g/mol. The zero-order chi connectivity index (χ0) is 13.6. The van der Waals surface area contributed by atoms with Crippen LogP contribution in [0.5, 0.6) is 0 Å². The Hall–Kier alpha value is -0.640. The Kier molecular flexibility index (Phi) is 6.06. The Morgan fingerprint density at radius 3 is 2.06 bits per heavy atom. The van der Waals surface area contributed by atoms with E-state index in [1.807, 2.05) is 23.9 Å². The summed E-state index contributed by atoms with van der Waals surface area (Å²) in [5.74, 6) is 0.846. The van der Waals surface area contributed by atoms with Crippen molar-refractivity contribution in [2.24, 2.45) is 5.41 Å². The molecule has 0 N–H and O–H groups in total. The number of aryl methyl sites for hydroxylation is 1. The van der Waals surface area contributed by atoms with E-state index in [1.165, 1.54) is 0 Å². The molecule has 0 bridgehead atoms. The zero-order valence-electron chi connectivity index (χ0n) is 11.9. The average molecular weight is 270 g/mol. The highest BCUT2D eigenvalue weighted by Crippen LogP contribution is 2.32. The molecular formula is C14H26N2OS. The van der Waals surface area contributed by atoms with Crippen molar-refractivity contribution in [1.29, 1.82) is 0 Å². The second-order valence-corrected chi connectivity index (χ2v) is 5.47. The number of aromatic nitrogens is 2. The fraction of sp³-hybridized carbons (Fsp3) is 0.786. The van der Waals surface area contributed by atoms with Gasteiger partial charge >= 0.3 is 5.69 Å². The highest BCUT2D eigenvalue weighted by atomic mass is 32.1. The SMILES string of the molecule is CCCC(CS)(CCC)Cn1ccn(CC)c1=O. The number of rotatable bonds is 8. The van der Waals surface area contributed by atoms with Crippen molar-refractivity contribution in [3.63, 3.8) is 0 Å². The van der Waals surface area contributed by atoms with Crippen LogP contribution in [-0.4, -0.2) is 14.9 Å². The van der Waals surface area contributed by atoms with E-state index >= 15 is 0 Å².